The van der Waals surface area contributed by atoms with Crippen molar-refractivity contribution in [2.75, 3.05) is 20.8 Å². The van der Waals surface area contributed by atoms with E-state index < -0.39 is 41.9 Å². The Hall–Kier alpha value is -3.71. The van der Waals surface area contributed by atoms with Gasteiger partial charge in [-0.3, -0.25) is 4.79 Å². The number of nitrogens with zero attached hydrogens (tertiary/aromatic N) is 3. The SMILES string of the molecule is COC(=O)[C@@H]1C[C@@H](O)CN1C(=O)c1nc(-c2ccc(OC)c3nc(C(F)(F)F)ccc23)oc1C(C)N. The van der Waals surface area contributed by atoms with E-state index in [0.717, 1.165) is 11.0 Å². The number of halogens is 3. The van der Waals surface area contributed by atoms with Crippen LogP contribution in [0.4, 0.5) is 13.2 Å². The number of esters is 1. The molecule has 1 aliphatic heterocycles. The van der Waals surface area contributed by atoms with Gasteiger partial charge in [0.1, 0.15) is 23.0 Å². The number of hydrogen-bond donors (Lipinski definition) is 2. The summed E-state index contributed by atoms with van der Waals surface area (Å²) in [6, 6.07) is 3.13. The number of benzene rings is 1. The van der Waals surface area contributed by atoms with Crippen LogP contribution in [0.1, 0.15) is 41.3 Å². The van der Waals surface area contributed by atoms with Crippen LogP contribution in [0.5, 0.6) is 5.75 Å². The number of likely N-dealkylation sites (tertiary alicyclic amines) is 1. The van der Waals surface area contributed by atoms with Gasteiger partial charge in [0, 0.05) is 23.9 Å². The van der Waals surface area contributed by atoms with Gasteiger partial charge in [0.05, 0.1) is 26.4 Å². The molecule has 0 radical (unpaired) electrons. The van der Waals surface area contributed by atoms with Crippen molar-refractivity contribution in [3.63, 3.8) is 0 Å². The van der Waals surface area contributed by atoms with Crippen molar-refractivity contribution in [3.05, 3.63) is 41.4 Å². The van der Waals surface area contributed by atoms with Crippen molar-refractivity contribution in [1.82, 2.24) is 14.9 Å². The number of oxazole rings is 1. The number of β-amino-alcohol motifs (C(OH)–C–C–N with tert-alkyl or cyclic N) is 1. The second-order valence-corrected chi connectivity index (χ2v) is 8.31. The number of carbonyl (C=O) groups is 2. The number of carbonyl (C=O) groups excluding carboxylic acids is 2. The van der Waals surface area contributed by atoms with Crippen molar-refractivity contribution in [3.8, 4) is 17.2 Å². The molecule has 1 aromatic carbocycles. The van der Waals surface area contributed by atoms with Crippen LogP contribution in [-0.2, 0) is 15.7 Å². The maximum absolute atomic E-state index is 13.4. The van der Waals surface area contributed by atoms with Crippen LogP contribution < -0.4 is 10.5 Å². The number of amides is 1. The zero-order valence-electron chi connectivity index (χ0n) is 19.5. The lowest BCUT2D eigenvalue weighted by Crippen LogP contribution is -2.41. The van der Waals surface area contributed by atoms with E-state index in [1.807, 2.05) is 0 Å². The van der Waals surface area contributed by atoms with Gasteiger partial charge in [0.15, 0.2) is 11.5 Å². The molecule has 36 heavy (non-hydrogen) atoms. The average molecular weight is 508 g/mol. The molecule has 13 heteroatoms. The molecule has 10 nitrogen and oxygen atoms in total. The van der Waals surface area contributed by atoms with Crippen LogP contribution in [0.3, 0.4) is 0 Å². The van der Waals surface area contributed by atoms with E-state index in [9.17, 15) is 27.9 Å². The number of fused-ring (bicyclic) bond motifs is 1. The van der Waals surface area contributed by atoms with Crippen molar-refractivity contribution >= 4 is 22.8 Å². The zero-order valence-corrected chi connectivity index (χ0v) is 19.5. The van der Waals surface area contributed by atoms with Gasteiger partial charge in [0.2, 0.25) is 5.89 Å². The second kappa shape index (κ2) is 9.39. The Labute approximate surface area is 202 Å². The van der Waals surface area contributed by atoms with E-state index in [1.165, 1.54) is 32.4 Å². The Morgan fingerprint density at radius 3 is 2.56 bits per heavy atom. The number of nitrogens with two attached hydrogens (primary N) is 1. The van der Waals surface area contributed by atoms with Crippen LogP contribution in [-0.4, -0.2) is 64.8 Å². The predicted octanol–water partition coefficient (Wildman–Crippen LogP) is 2.69. The van der Waals surface area contributed by atoms with Crippen molar-refractivity contribution in [2.24, 2.45) is 5.73 Å². The summed E-state index contributed by atoms with van der Waals surface area (Å²) >= 11 is 0. The maximum atomic E-state index is 13.4. The molecule has 3 atom stereocenters. The summed E-state index contributed by atoms with van der Waals surface area (Å²) in [5, 5.41) is 10.3. The number of hydrogen-bond acceptors (Lipinski definition) is 9. The summed E-state index contributed by atoms with van der Waals surface area (Å²) in [4.78, 5) is 34.7. The quantitative estimate of drug-likeness (QED) is 0.498. The van der Waals surface area contributed by atoms with Gasteiger partial charge in [-0.15, -0.1) is 0 Å². The first-order valence-electron chi connectivity index (χ1n) is 10.8. The summed E-state index contributed by atoms with van der Waals surface area (Å²) in [7, 11) is 2.47. The summed E-state index contributed by atoms with van der Waals surface area (Å²) in [5.41, 5.74) is 4.89. The fourth-order valence-electron chi connectivity index (χ4n) is 4.14. The molecule has 0 spiro atoms. The van der Waals surface area contributed by atoms with Crippen molar-refractivity contribution < 1.29 is 41.8 Å². The molecule has 1 unspecified atom stereocenters. The van der Waals surface area contributed by atoms with Gasteiger partial charge in [-0.25, -0.2) is 14.8 Å². The molecule has 0 bridgehead atoms. The van der Waals surface area contributed by atoms with Gasteiger partial charge in [0.25, 0.3) is 5.91 Å². The lowest BCUT2D eigenvalue weighted by molar-refractivity contribution is -0.145. The Balaban J connectivity index is 1.83. The third-order valence-electron chi connectivity index (χ3n) is 5.84. The molecule has 1 saturated heterocycles. The number of pyridine rings is 1. The molecule has 3 aromatic rings. The van der Waals surface area contributed by atoms with Crippen molar-refractivity contribution in [1.29, 1.82) is 0 Å². The summed E-state index contributed by atoms with van der Waals surface area (Å²) in [6.45, 7) is 1.43. The molecule has 1 amide bonds. The highest BCUT2D eigenvalue weighted by Crippen LogP contribution is 2.38. The molecule has 2 aromatic heterocycles. The van der Waals surface area contributed by atoms with Crippen LogP contribution in [0.25, 0.3) is 22.4 Å². The second-order valence-electron chi connectivity index (χ2n) is 8.31. The lowest BCUT2D eigenvalue weighted by Gasteiger charge is -2.21. The summed E-state index contributed by atoms with van der Waals surface area (Å²) in [6.07, 6.45) is -5.62. The molecular formula is C23H23F3N4O6. The van der Waals surface area contributed by atoms with Gasteiger partial charge in [-0.05, 0) is 31.2 Å². The summed E-state index contributed by atoms with van der Waals surface area (Å²) in [5.74, 6) is -1.39. The van der Waals surface area contributed by atoms with E-state index in [4.69, 9.17) is 19.6 Å². The van der Waals surface area contributed by atoms with Gasteiger partial charge >= 0.3 is 12.1 Å². The van der Waals surface area contributed by atoms with Crippen LogP contribution in [0.15, 0.2) is 28.7 Å². The average Bonchev–Trinajstić information content (AvgIpc) is 3.46. The Bertz CT molecular complexity index is 1320. The Morgan fingerprint density at radius 2 is 1.94 bits per heavy atom. The highest BCUT2D eigenvalue weighted by atomic mass is 19.4. The number of aromatic nitrogens is 2. The lowest BCUT2D eigenvalue weighted by atomic mass is 10.1. The first kappa shape index (κ1) is 25.4. The number of ether oxygens (including phenoxy) is 2. The highest BCUT2D eigenvalue weighted by Gasteiger charge is 2.42. The van der Waals surface area contributed by atoms with Gasteiger partial charge in [-0.1, -0.05) is 0 Å². The number of methoxy groups -OCH3 is 2. The van der Waals surface area contributed by atoms with Gasteiger partial charge < -0.3 is 29.6 Å². The Morgan fingerprint density at radius 1 is 1.22 bits per heavy atom. The molecule has 4 rings (SSSR count). The standard InChI is InChI=1S/C23H23F3N4O6/c1-10(27)19-18(21(32)30-9-11(31)8-14(30)22(33)35-3)29-20(36-19)13-4-6-15(34-2)17-12(13)5-7-16(28-17)23(24,25)26/h4-7,10-11,14,31H,8-9,27H2,1-3H3/t10?,11-,14+/m1/s1. The predicted molar refractivity (Wildman–Crippen MR) is 119 cm³/mol. The molecule has 3 N–H and O–H groups in total. The molecule has 0 aliphatic carbocycles. The van der Waals surface area contributed by atoms with Crippen LogP contribution in [0.2, 0.25) is 0 Å². The number of rotatable bonds is 5. The topological polar surface area (TPSA) is 141 Å². The highest BCUT2D eigenvalue weighted by molar-refractivity contribution is 5.99. The number of aliphatic hydroxyl groups is 1. The Kier molecular flexibility index (Phi) is 6.62. The minimum Gasteiger partial charge on any atom is -0.494 e. The van der Waals surface area contributed by atoms with Gasteiger partial charge in [-0.2, -0.15) is 13.2 Å². The van der Waals surface area contributed by atoms with E-state index in [-0.39, 0.29) is 52.5 Å². The normalized spacial score (nSPS) is 18.9. The molecule has 1 fully saturated rings. The van der Waals surface area contributed by atoms with E-state index >= 15 is 0 Å². The first-order chi connectivity index (χ1) is 17.0. The van der Waals surface area contributed by atoms with Crippen LogP contribution >= 0.6 is 0 Å². The molecule has 1 aliphatic rings. The fourth-order valence-corrected chi connectivity index (χ4v) is 4.14. The molecule has 3 heterocycles. The third-order valence-corrected chi connectivity index (χ3v) is 5.84. The van der Waals surface area contributed by atoms with E-state index in [2.05, 4.69) is 9.97 Å². The molecule has 192 valence electrons. The van der Waals surface area contributed by atoms with Crippen LogP contribution in [0, 0.1) is 0 Å². The third kappa shape index (κ3) is 4.46. The monoisotopic (exact) mass is 508 g/mol. The van der Waals surface area contributed by atoms with Crippen molar-refractivity contribution in [2.45, 2.75) is 37.7 Å². The molecular weight excluding hydrogens is 485 g/mol. The zero-order chi connectivity index (χ0) is 26.4. The molecule has 0 saturated carbocycles. The summed E-state index contributed by atoms with van der Waals surface area (Å²) < 4.78 is 55.5. The largest absolute Gasteiger partial charge is 0.494 e. The number of aliphatic hydroxyl groups excluding tert-OH is 1. The minimum absolute atomic E-state index is 0.00356. The number of alkyl halides is 3. The minimum atomic E-state index is -4.67. The maximum Gasteiger partial charge on any atom is 0.433 e. The smallest absolute Gasteiger partial charge is 0.433 e. The van der Waals surface area contributed by atoms with E-state index in [0.29, 0.717) is 0 Å². The van der Waals surface area contributed by atoms with E-state index in [1.54, 1.807) is 6.92 Å². The fraction of sp³-hybridized carbons (Fsp3) is 0.391. The first-order valence-corrected chi connectivity index (χ1v) is 10.8.